The van der Waals surface area contributed by atoms with Crippen LogP contribution in [0.1, 0.15) is 117 Å². The number of imide groups is 1. The van der Waals surface area contributed by atoms with Gasteiger partial charge in [0.05, 0.1) is 69.6 Å². The molecule has 94 heavy (non-hydrogen) atoms. The highest BCUT2D eigenvalue weighted by molar-refractivity contribution is 8.00. The summed E-state index contributed by atoms with van der Waals surface area (Å²) in [6, 6.07) is 2.36. The summed E-state index contributed by atoms with van der Waals surface area (Å²) in [6.07, 6.45) is 8.46. The highest BCUT2D eigenvalue weighted by Gasteiger charge is 2.64. The molecule has 0 aromatic heterocycles. The molecule has 1 saturated carbocycles. The number of benzene rings is 1. The molecule has 524 valence electrons. The number of anilines is 1. The minimum absolute atomic E-state index is 0.0146. The van der Waals surface area contributed by atoms with Gasteiger partial charge in [0.15, 0.2) is 5.72 Å². The summed E-state index contributed by atoms with van der Waals surface area (Å²) in [5, 5.41) is 23.5. The molecular formula is C65H96ClN7O18S3. The summed E-state index contributed by atoms with van der Waals surface area (Å²) in [6.45, 7) is 7.60. The summed E-state index contributed by atoms with van der Waals surface area (Å²) in [5.41, 5.74) is -1.24. The fourth-order valence-corrected chi connectivity index (χ4v) is 16.1. The molecule has 5 aliphatic heterocycles. The lowest BCUT2D eigenvalue weighted by Gasteiger charge is -2.42. The molecule has 0 radical (unpaired) electrons. The number of allylic oxidation sites excluding steroid dienone is 3. The Labute approximate surface area is 569 Å². The number of fused-ring (bicyclic) bond motifs is 9. The molecule has 6 aliphatic rings. The number of epoxide rings is 1. The van der Waals surface area contributed by atoms with E-state index >= 15 is 0 Å². The van der Waals surface area contributed by atoms with Crippen molar-refractivity contribution in [1.82, 2.24) is 31.1 Å². The Hall–Kier alpha value is -5.17. The van der Waals surface area contributed by atoms with Crippen LogP contribution in [0.4, 0.5) is 10.5 Å². The average Bonchev–Trinajstić information content (AvgIpc) is 1.57. The summed E-state index contributed by atoms with van der Waals surface area (Å²) < 4.78 is 46.6. The lowest BCUT2D eigenvalue weighted by Crippen LogP contribution is -2.63. The molecule has 3 unspecified atom stereocenters. The number of hydrogen-bond donors (Lipinski definition) is 5. The third-order valence-corrected chi connectivity index (χ3v) is 22.3. The maximum Gasteiger partial charge on any atom is 0.409 e. The van der Waals surface area contributed by atoms with Crippen molar-refractivity contribution in [1.29, 1.82) is 0 Å². The van der Waals surface area contributed by atoms with Crippen LogP contribution in [0, 0.1) is 5.92 Å². The second kappa shape index (κ2) is 37.0. The van der Waals surface area contributed by atoms with Gasteiger partial charge in [-0.3, -0.25) is 43.8 Å². The molecule has 5 heterocycles. The largest absolute Gasteiger partial charge is 0.495 e. The molecule has 1 aliphatic carbocycles. The van der Waals surface area contributed by atoms with Crippen LogP contribution < -0.4 is 30.9 Å². The first-order valence-corrected chi connectivity index (χ1v) is 36.1. The zero-order valence-corrected chi connectivity index (χ0v) is 58.6. The number of amides is 8. The zero-order chi connectivity index (χ0) is 68.1. The Morgan fingerprint density at radius 3 is 2.24 bits per heavy atom. The smallest absolute Gasteiger partial charge is 0.409 e. The standard InChI is InChI=1S/C65H96ClN7O18S3/c1-40-13-11-18-51(85-8)65(83)36-49(89-63(82)70-65)41(2)60-64(4,91-60)52(35-57(78)72(6)47-32-43(31-40)33-48(84-7)59(47)66)90-62(81)42(3)71(5)56(77)21-30-94-50-34-58(79)73(61(50)80)23-25-87-27-26-86-24-22-67-55(76)39-88-44-37-68-53(74)19-28-92-45-14-9-10-15-46(17-12-16-45)93-29-20-54(75)69-38-44/h11,13,18,32-33,41-42,44-46,49-52,60,83H,9-10,12,14-17,19-31,34-39H2,1-8H3,(H,67,76)(H,68,74)(H,69,75)(H,70,82)/b18-11+,40-13+/t41-,42+,44?,45?,46?,49+,50?,51-,52+,60+,64+,65+/m1/s1. The van der Waals surface area contributed by atoms with Crippen LogP contribution >= 0.6 is 46.9 Å². The van der Waals surface area contributed by atoms with E-state index in [9.17, 15) is 48.3 Å². The Morgan fingerprint density at radius 2 is 1.59 bits per heavy atom. The van der Waals surface area contributed by atoms with E-state index in [0.29, 0.717) is 41.2 Å². The molecule has 4 saturated heterocycles. The van der Waals surface area contributed by atoms with Crippen LogP contribution in [0.2, 0.25) is 5.02 Å². The van der Waals surface area contributed by atoms with Crippen molar-refractivity contribution in [2.45, 2.75) is 181 Å². The average molecular weight is 1400 g/mol. The minimum atomic E-state index is -1.89. The molecule has 1 aromatic rings. The Kier molecular flexibility index (Phi) is 30.0. The molecule has 5 N–H and O–H groups in total. The summed E-state index contributed by atoms with van der Waals surface area (Å²) in [5.74, 6) is -1.81. The number of esters is 1. The number of carbonyl (C=O) groups is 9. The van der Waals surface area contributed by atoms with Crippen LogP contribution in [0.15, 0.2) is 35.9 Å². The van der Waals surface area contributed by atoms with Crippen LogP contribution in [-0.4, -0.2) is 237 Å². The monoisotopic (exact) mass is 1390 g/mol. The Morgan fingerprint density at radius 1 is 0.926 bits per heavy atom. The van der Waals surface area contributed by atoms with Crippen LogP contribution in [0.25, 0.3) is 0 Å². The van der Waals surface area contributed by atoms with E-state index in [1.165, 1.54) is 70.1 Å². The number of thioether (sulfide) groups is 3. The number of rotatable bonds is 21. The number of ether oxygens (including phenoxy) is 8. The van der Waals surface area contributed by atoms with Crippen LogP contribution in [0.5, 0.6) is 5.75 Å². The number of nitrogens with zero attached hydrogens (tertiary/aromatic N) is 3. The van der Waals surface area contributed by atoms with Crippen molar-refractivity contribution in [3.05, 3.63) is 46.5 Å². The number of likely N-dealkylation sites (tertiary alicyclic amines) is 1. The molecule has 0 spiro atoms. The normalized spacial score (nSPS) is 29.9. The van der Waals surface area contributed by atoms with E-state index < -0.39 is 95.3 Å². The van der Waals surface area contributed by atoms with E-state index in [2.05, 4.69) is 21.3 Å². The van der Waals surface area contributed by atoms with Gasteiger partial charge >= 0.3 is 12.1 Å². The predicted molar refractivity (Wildman–Crippen MR) is 358 cm³/mol. The highest BCUT2D eigenvalue weighted by Crippen LogP contribution is 2.49. The topological polar surface area (TPSA) is 309 Å². The number of carbonyl (C=O) groups excluding carboxylic acids is 9. The molecule has 29 heteroatoms. The quantitative estimate of drug-likeness (QED) is 0.0453. The summed E-state index contributed by atoms with van der Waals surface area (Å²) >= 11 is 11.8. The third kappa shape index (κ3) is 22.2. The van der Waals surface area contributed by atoms with E-state index in [4.69, 9.17) is 49.5 Å². The number of likely N-dealkylation sites (N-methyl/N-ethyl adjacent to an activating group) is 1. The van der Waals surface area contributed by atoms with E-state index in [1.54, 1.807) is 45.2 Å². The van der Waals surface area contributed by atoms with Gasteiger partial charge in [0.1, 0.15) is 47.3 Å². The van der Waals surface area contributed by atoms with E-state index in [1.807, 2.05) is 36.5 Å². The SMILES string of the molecule is COc1cc2cc(c1Cl)N(C)C(=O)C[C@H](OC(=O)[C@H](C)N(C)C(=O)CCSC1CC(=O)N(CCOCCOCCNC(=O)COC3CNC(=O)CCSC4CCCCC(CCC4)SCCC(=O)NC3)C1=O)[C@]1(C)O[C@H]1[C@H](C)[C@@H]1C[C@@](O)(NC(=O)O1)[C@H](OC)/C=C/C=C(\C)C2. The Balaban J connectivity index is 0.825. The van der Waals surface area contributed by atoms with Gasteiger partial charge in [-0.2, -0.15) is 23.5 Å². The highest BCUT2D eigenvalue weighted by atomic mass is 35.5. The van der Waals surface area contributed by atoms with Crippen molar-refractivity contribution in [3.63, 3.8) is 0 Å². The molecule has 7 rings (SSSR count). The van der Waals surface area contributed by atoms with Crippen molar-refractivity contribution in [3.8, 4) is 5.75 Å². The van der Waals surface area contributed by atoms with E-state index in [-0.39, 0.29) is 113 Å². The maximum atomic E-state index is 14.4. The van der Waals surface area contributed by atoms with Gasteiger partial charge in [0, 0.05) is 107 Å². The number of nitrogens with one attached hydrogen (secondary N) is 4. The summed E-state index contributed by atoms with van der Waals surface area (Å²) in [7, 11) is 5.85. The van der Waals surface area contributed by atoms with Gasteiger partial charge in [-0.15, -0.1) is 11.8 Å². The minimum Gasteiger partial charge on any atom is -0.495 e. The summed E-state index contributed by atoms with van der Waals surface area (Å²) in [4.78, 5) is 124. The van der Waals surface area contributed by atoms with Gasteiger partial charge in [0.25, 0.3) is 0 Å². The van der Waals surface area contributed by atoms with Gasteiger partial charge in [-0.1, -0.05) is 61.6 Å². The lowest BCUT2D eigenvalue weighted by atomic mass is 9.83. The van der Waals surface area contributed by atoms with Crippen LogP contribution in [0.3, 0.4) is 0 Å². The number of methoxy groups -OCH3 is 2. The predicted octanol–water partition coefficient (Wildman–Crippen LogP) is 5.27. The fraction of sp³-hybridized carbons (Fsp3) is 0.708. The molecule has 11 atom stereocenters. The first-order valence-electron chi connectivity index (χ1n) is 32.5. The second-order valence-electron chi connectivity index (χ2n) is 24.9. The van der Waals surface area contributed by atoms with Gasteiger partial charge < -0.3 is 68.8 Å². The number of aliphatic hydroxyl groups is 1. The van der Waals surface area contributed by atoms with Crippen molar-refractivity contribution < 1.29 is 86.2 Å². The van der Waals surface area contributed by atoms with Crippen molar-refractivity contribution in [2.75, 3.05) is 110 Å². The van der Waals surface area contributed by atoms with Crippen molar-refractivity contribution in [2.24, 2.45) is 5.92 Å². The maximum absolute atomic E-state index is 14.4. The molecule has 6 bridgehead atoms. The molecular weight excluding hydrogens is 1300 g/mol. The first kappa shape index (κ1) is 76.2. The van der Waals surface area contributed by atoms with Gasteiger partial charge in [-0.25, -0.2) is 9.59 Å². The third-order valence-electron chi connectivity index (χ3n) is 18.0. The molecule has 1 aromatic carbocycles. The van der Waals surface area contributed by atoms with Crippen LogP contribution in [-0.2, 0) is 77.9 Å². The van der Waals surface area contributed by atoms with Gasteiger partial charge in [-0.05, 0) is 70.6 Å². The fourth-order valence-electron chi connectivity index (χ4n) is 12.1. The first-order chi connectivity index (χ1) is 44.9. The molecule has 25 nitrogen and oxygen atoms in total. The zero-order valence-electron chi connectivity index (χ0n) is 55.4. The van der Waals surface area contributed by atoms with Gasteiger partial charge in [0.2, 0.25) is 41.4 Å². The number of hydrogen-bond acceptors (Lipinski definition) is 21. The van der Waals surface area contributed by atoms with E-state index in [0.717, 1.165) is 52.1 Å². The number of halogens is 1. The number of alkyl carbamates (subject to hydrolysis) is 1. The molecule has 8 amide bonds. The Bertz CT molecular complexity index is 2840. The lowest BCUT2D eigenvalue weighted by molar-refractivity contribution is -0.162. The molecule has 5 fully saturated rings. The second-order valence-corrected chi connectivity index (χ2v) is 29.4. The van der Waals surface area contributed by atoms with Crippen molar-refractivity contribution >= 4 is 106 Å².